The SMILES string of the molecule is C=C1/C=C\C=C/Cc2ccc(N(C3=CC=C(c4ccc5c(c4)c4ccccc4n5C4=CC=CCC4)CC3)c3cccc(-c4ccccc4)c3)cc2C1(C)C. The first-order chi connectivity index (χ1) is 26.5. The van der Waals surface area contributed by atoms with E-state index < -0.39 is 0 Å². The molecule has 3 aliphatic rings. The second-order valence-electron chi connectivity index (χ2n) is 15.3. The molecule has 0 atom stereocenters. The van der Waals surface area contributed by atoms with E-state index in [1.54, 1.807) is 0 Å². The van der Waals surface area contributed by atoms with Crippen LogP contribution in [0.15, 0.2) is 188 Å². The van der Waals surface area contributed by atoms with E-state index >= 15 is 0 Å². The predicted octanol–water partition coefficient (Wildman–Crippen LogP) is 14.1. The molecule has 6 aromatic rings. The standard InChI is InChI=1S/C52H46N2/c1-37-16-7-4-10-19-40-28-32-46(36-49(40)52(37,2)3)53(45-23-15-20-41(34-45)38-17-8-5-9-18-38)44-30-26-39(27-31-44)42-29-33-51-48(35-42)47-24-13-14-25-50(47)54(51)43-21-11-6-12-22-43/h4-11,13-18,20-21,23-26,28-30,32-36H,1,12,19,22,27,31H2,2-3H3/b10-4-,16-7-. The molecule has 3 aliphatic carbocycles. The van der Waals surface area contributed by atoms with Crippen LogP contribution in [0.4, 0.5) is 11.4 Å². The van der Waals surface area contributed by atoms with E-state index in [2.05, 4.69) is 200 Å². The van der Waals surface area contributed by atoms with E-state index in [1.165, 1.54) is 78.0 Å². The van der Waals surface area contributed by atoms with Crippen molar-refractivity contribution in [3.63, 3.8) is 0 Å². The lowest BCUT2D eigenvalue weighted by Crippen LogP contribution is -2.23. The number of nitrogens with zero attached hydrogens (tertiary/aromatic N) is 2. The first-order valence-corrected chi connectivity index (χ1v) is 19.4. The van der Waals surface area contributed by atoms with Gasteiger partial charge in [-0.25, -0.2) is 0 Å². The number of aromatic nitrogens is 1. The summed E-state index contributed by atoms with van der Waals surface area (Å²) in [5.41, 5.74) is 16.2. The third-order valence-corrected chi connectivity index (χ3v) is 11.7. The van der Waals surface area contributed by atoms with Crippen molar-refractivity contribution in [2.24, 2.45) is 0 Å². The van der Waals surface area contributed by atoms with Crippen molar-refractivity contribution in [1.29, 1.82) is 0 Å². The summed E-state index contributed by atoms with van der Waals surface area (Å²) in [4.78, 5) is 2.49. The molecule has 0 radical (unpaired) electrons. The van der Waals surface area contributed by atoms with E-state index in [-0.39, 0.29) is 5.41 Å². The molecule has 2 nitrogen and oxygen atoms in total. The number of para-hydroxylation sites is 1. The highest BCUT2D eigenvalue weighted by atomic mass is 15.1. The van der Waals surface area contributed by atoms with Crippen LogP contribution in [0.1, 0.15) is 56.2 Å². The van der Waals surface area contributed by atoms with Gasteiger partial charge in [0.1, 0.15) is 0 Å². The maximum Gasteiger partial charge on any atom is 0.0538 e. The van der Waals surface area contributed by atoms with Crippen LogP contribution in [-0.4, -0.2) is 4.57 Å². The lowest BCUT2D eigenvalue weighted by Gasteiger charge is -2.34. The van der Waals surface area contributed by atoms with Crippen molar-refractivity contribution in [2.75, 3.05) is 4.90 Å². The molecule has 54 heavy (non-hydrogen) atoms. The summed E-state index contributed by atoms with van der Waals surface area (Å²) in [5.74, 6) is 0. The van der Waals surface area contributed by atoms with Gasteiger partial charge in [0.05, 0.1) is 11.0 Å². The Bertz CT molecular complexity index is 2610. The Kier molecular flexibility index (Phi) is 8.75. The normalized spacial score (nSPS) is 17.8. The minimum atomic E-state index is -0.217. The van der Waals surface area contributed by atoms with E-state index in [0.717, 1.165) is 37.7 Å². The molecule has 0 unspecified atom stereocenters. The Labute approximate surface area is 319 Å². The molecule has 264 valence electrons. The maximum atomic E-state index is 4.51. The predicted molar refractivity (Wildman–Crippen MR) is 232 cm³/mol. The third kappa shape index (κ3) is 6.12. The molecule has 1 heterocycles. The fourth-order valence-corrected chi connectivity index (χ4v) is 8.54. The van der Waals surface area contributed by atoms with Gasteiger partial charge in [-0.2, -0.15) is 0 Å². The maximum absolute atomic E-state index is 4.51. The monoisotopic (exact) mass is 698 g/mol. The molecule has 0 fully saturated rings. The topological polar surface area (TPSA) is 8.17 Å². The van der Waals surface area contributed by atoms with Gasteiger partial charge in [0.25, 0.3) is 0 Å². The van der Waals surface area contributed by atoms with Crippen LogP contribution < -0.4 is 4.90 Å². The first-order valence-electron chi connectivity index (χ1n) is 19.4. The van der Waals surface area contributed by atoms with Gasteiger partial charge >= 0.3 is 0 Å². The molecule has 0 spiro atoms. The summed E-state index contributed by atoms with van der Waals surface area (Å²) in [6.45, 7) is 9.13. The molecule has 0 N–H and O–H groups in total. The molecule has 1 aromatic heterocycles. The largest absolute Gasteiger partial charge is 0.314 e. The van der Waals surface area contributed by atoms with E-state index in [1.807, 2.05) is 0 Å². The Balaban J connectivity index is 1.15. The molecule has 5 aromatic carbocycles. The van der Waals surface area contributed by atoms with Gasteiger partial charge < -0.3 is 9.47 Å². The Morgan fingerprint density at radius 2 is 1.43 bits per heavy atom. The minimum absolute atomic E-state index is 0.217. The zero-order valence-electron chi connectivity index (χ0n) is 31.3. The van der Waals surface area contributed by atoms with Gasteiger partial charge in [0, 0.05) is 39.0 Å². The van der Waals surface area contributed by atoms with E-state index in [0.29, 0.717) is 0 Å². The molecule has 0 saturated heterocycles. The average molecular weight is 699 g/mol. The summed E-state index contributed by atoms with van der Waals surface area (Å²) in [6, 6.07) is 42.7. The van der Waals surface area contributed by atoms with Crippen molar-refractivity contribution in [1.82, 2.24) is 4.57 Å². The minimum Gasteiger partial charge on any atom is -0.314 e. The molecule has 0 saturated carbocycles. The zero-order valence-corrected chi connectivity index (χ0v) is 31.3. The van der Waals surface area contributed by atoms with Crippen LogP contribution in [0.2, 0.25) is 0 Å². The first kappa shape index (κ1) is 33.7. The van der Waals surface area contributed by atoms with E-state index in [4.69, 9.17) is 0 Å². The Morgan fingerprint density at radius 1 is 0.611 bits per heavy atom. The van der Waals surface area contributed by atoms with Gasteiger partial charge in [0.15, 0.2) is 0 Å². The van der Waals surface area contributed by atoms with Crippen LogP contribution in [0.5, 0.6) is 0 Å². The second-order valence-corrected chi connectivity index (χ2v) is 15.3. The van der Waals surface area contributed by atoms with Crippen LogP contribution >= 0.6 is 0 Å². The summed E-state index contributed by atoms with van der Waals surface area (Å²) in [7, 11) is 0. The summed E-state index contributed by atoms with van der Waals surface area (Å²) >= 11 is 0. The molecule has 2 heteroatoms. The number of benzene rings is 5. The molecule has 0 bridgehead atoms. The zero-order chi connectivity index (χ0) is 36.6. The fourth-order valence-electron chi connectivity index (χ4n) is 8.54. The smallest absolute Gasteiger partial charge is 0.0538 e. The van der Waals surface area contributed by atoms with Gasteiger partial charge in [-0.15, -0.1) is 0 Å². The molecule has 0 aliphatic heterocycles. The number of fused-ring (bicyclic) bond motifs is 4. The van der Waals surface area contributed by atoms with Crippen molar-refractivity contribution in [3.8, 4) is 11.1 Å². The number of rotatable bonds is 6. The molecular formula is C52H46N2. The van der Waals surface area contributed by atoms with Crippen LogP contribution in [-0.2, 0) is 11.8 Å². The van der Waals surface area contributed by atoms with Crippen LogP contribution in [0.3, 0.4) is 0 Å². The number of hydrogen-bond acceptors (Lipinski definition) is 1. The lowest BCUT2D eigenvalue weighted by molar-refractivity contribution is 0.635. The van der Waals surface area contributed by atoms with Gasteiger partial charge in [-0.1, -0.05) is 136 Å². The van der Waals surface area contributed by atoms with Gasteiger partial charge in [-0.3, -0.25) is 0 Å². The highest BCUT2D eigenvalue weighted by molar-refractivity contribution is 6.11. The molecular weight excluding hydrogens is 653 g/mol. The van der Waals surface area contributed by atoms with Crippen LogP contribution in [0.25, 0.3) is 44.2 Å². The van der Waals surface area contributed by atoms with Crippen molar-refractivity contribution >= 4 is 44.5 Å². The van der Waals surface area contributed by atoms with Gasteiger partial charge in [-0.05, 0) is 126 Å². The van der Waals surface area contributed by atoms with E-state index in [9.17, 15) is 0 Å². The molecule has 0 amide bonds. The Hall–Kier alpha value is -6.12. The highest BCUT2D eigenvalue weighted by Gasteiger charge is 2.28. The lowest BCUT2D eigenvalue weighted by atomic mass is 9.75. The quantitative estimate of drug-likeness (QED) is 0.168. The summed E-state index contributed by atoms with van der Waals surface area (Å²) in [6.07, 6.45) is 25.1. The Morgan fingerprint density at radius 3 is 2.26 bits per heavy atom. The second kappa shape index (κ2) is 14.0. The average Bonchev–Trinajstić information content (AvgIpc) is 3.57. The van der Waals surface area contributed by atoms with Crippen molar-refractivity contribution in [2.45, 2.75) is 51.4 Å². The van der Waals surface area contributed by atoms with Gasteiger partial charge in [0.2, 0.25) is 0 Å². The third-order valence-electron chi connectivity index (χ3n) is 11.7. The fraction of sp³-hybridized carbons (Fsp3) is 0.154. The number of hydrogen-bond donors (Lipinski definition) is 0. The van der Waals surface area contributed by atoms with Crippen molar-refractivity contribution < 1.29 is 0 Å². The summed E-state index contributed by atoms with van der Waals surface area (Å²) < 4.78 is 2.47. The number of anilines is 2. The highest BCUT2D eigenvalue weighted by Crippen LogP contribution is 2.43. The summed E-state index contributed by atoms with van der Waals surface area (Å²) in [5, 5.41) is 2.63. The van der Waals surface area contributed by atoms with Crippen LogP contribution in [0, 0.1) is 0 Å². The molecule has 9 rings (SSSR count). The van der Waals surface area contributed by atoms with Crippen molar-refractivity contribution in [3.05, 3.63) is 204 Å². The number of allylic oxidation sites excluding steroid dienone is 13.